The molecule has 0 spiro atoms. The summed E-state index contributed by atoms with van der Waals surface area (Å²) in [5.74, 6) is 0. The summed E-state index contributed by atoms with van der Waals surface area (Å²) in [5, 5.41) is 9.94. The third kappa shape index (κ3) is 6.22. The molecule has 7 heteroatoms. The number of benzene rings is 1. The lowest BCUT2D eigenvalue weighted by molar-refractivity contribution is 0.00710. The van der Waals surface area contributed by atoms with Crippen molar-refractivity contribution in [2.24, 2.45) is 0 Å². The molecule has 2 amide bonds. The summed E-state index contributed by atoms with van der Waals surface area (Å²) in [7, 11) is 0. The molecule has 24 heavy (non-hydrogen) atoms. The van der Waals surface area contributed by atoms with Crippen molar-refractivity contribution in [3.63, 3.8) is 0 Å². The Kier molecular flexibility index (Phi) is 7.25. The van der Waals surface area contributed by atoms with Crippen molar-refractivity contribution >= 4 is 23.8 Å². The predicted molar refractivity (Wildman–Crippen MR) is 91.3 cm³/mol. The molecule has 0 radical (unpaired) electrons. The summed E-state index contributed by atoms with van der Waals surface area (Å²) < 4.78 is 10.6. The third-order valence-electron chi connectivity index (χ3n) is 2.85. The summed E-state index contributed by atoms with van der Waals surface area (Å²) in [6.07, 6.45) is -0.869. The van der Waals surface area contributed by atoms with E-state index in [9.17, 15) is 14.7 Å². The summed E-state index contributed by atoms with van der Waals surface area (Å²) in [6.45, 7) is 8.70. The normalized spacial score (nSPS) is 12.3. The standard InChI is InChI=1S/C17H22ClNO5/c1-5-9-23-11-14(12-7-6-8-13(18)10-12)19(15(20)21)16(22)24-17(2,3)4/h5-8,10,14H,1,9,11H2,2-4H3,(H,20,21)/t14-/m1/s1. The first-order chi connectivity index (χ1) is 11.2. The van der Waals surface area contributed by atoms with Crippen LogP contribution in [-0.4, -0.2) is 41.0 Å². The summed E-state index contributed by atoms with van der Waals surface area (Å²) in [4.78, 5) is 24.6. The highest BCUT2D eigenvalue weighted by Crippen LogP contribution is 2.26. The van der Waals surface area contributed by atoms with E-state index in [0.717, 1.165) is 0 Å². The Morgan fingerprint density at radius 2 is 2.08 bits per heavy atom. The molecule has 0 saturated carbocycles. The molecule has 0 aliphatic heterocycles. The summed E-state index contributed by atoms with van der Waals surface area (Å²) in [5.41, 5.74) is -0.300. The van der Waals surface area contributed by atoms with Crippen LogP contribution in [0.3, 0.4) is 0 Å². The van der Waals surface area contributed by atoms with E-state index in [-0.39, 0.29) is 13.2 Å². The Morgan fingerprint density at radius 1 is 1.42 bits per heavy atom. The van der Waals surface area contributed by atoms with Crippen LogP contribution in [0, 0.1) is 0 Å². The molecule has 0 aliphatic carbocycles. The number of ether oxygens (including phenoxy) is 2. The van der Waals surface area contributed by atoms with Crippen LogP contribution in [0.4, 0.5) is 9.59 Å². The largest absolute Gasteiger partial charge is 0.465 e. The number of amides is 2. The topological polar surface area (TPSA) is 76.1 Å². The number of nitrogens with zero attached hydrogens (tertiary/aromatic N) is 1. The van der Waals surface area contributed by atoms with Gasteiger partial charge in [-0.2, -0.15) is 0 Å². The van der Waals surface area contributed by atoms with Crippen LogP contribution in [0.25, 0.3) is 0 Å². The molecule has 1 rings (SSSR count). The number of carboxylic acid groups (broad SMARTS) is 1. The molecule has 1 N–H and O–H groups in total. The van der Waals surface area contributed by atoms with E-state index < -0.39 is 23.8 Å². The Hall–Kier alpha value is -2.05. The van der Waals surface area contributed by atoms with Crippen molar-refractivity contribution in [1.82, 2.24) is 4.90 Å². The van der Waals surface area contributed by atoms with Crippen molar-refractivity contribution in [2.75, 3.05) is 13.2 Å². The Balaban J connectivity index is 3.18. The van der Waals surface area contributed by atoms with E-state index in [0.29, 0.717) is 15.5 Å². The zero-order valence-electron chi connectivity index (χ0n) is 14.0. The van der Waals surface area contributed by atoms with E-state index in [4.69, 9.17) is 21.1 Å². The lowest BCUT2D eigenvalue weighted by atomic mass is 10.1. The van der Waals surface area contributed by atoms with Gasteiger partial charge in [0.1, 0.15) is 5.60 Å². The van der Waals surface area contributed by atoms with Crippen LogP contribution in [0.15, 0.2) is 36.9 Å². The quantitative estimate of drug-likeness (QED) is 0.600. The van der Waals surface area contributed by atoms with Gasteiger partial charge >= 0.3 is 12.2 Å². The maximum atomic E-state index is 12.3. The van der Waals surface area contributed by atoms with E-state index in [2.05, 4.69) is 6.58 Å². The highest BCUT2D eigenvalue weighted by molar-refractivity contribution is 6.30. The minimum Gasteiger partial charge on any atom is -0.465 e. The molecule has 6 nitrogen and oxygen atoms in total. The van der Waals surface area contributed by atoms with Gasteiger partial charge in [-0.1, -0.05) is 29.8 Å². The third-order valence-corrected chi connectivity index (χ3v) is 3.09. The fourth-order valence-corrected chi connectivity index (χ4v) is 2.15. The van der Waals surface area contributed by atoms with Crippen molar-refractivity contribution in [3.05, 3.63) is 47.5 Å². The van der Waals surface area contributed by atoms with E-state index in [1.807, 2.05) is 0 Å². The Bertz CT molecular complexity index is 597. The number of hydrogen-bond acceptors (Lipinski definition) is 4. The number of carbonyl (C=O) groups is 2. The number of hydrogen-bond donors (Lipinski definition) is 1. The van der Waals surface area contributed by atoms with Gasteiger partial charge in [0.05, 0.1) is 19.3 Å². The molecular formula is C17H22ClNO5. The molecular weight excluding hydrogens is 334 g/mol. The van der Waals surface area contributed by atoms with Gasteiger partial charge in [-0.05, 0) is 38.5 Å². The minimum absolute atomic E-state index is 0.0437. The summed E-state index contributed by atoms with van der Waals surface area (Å²) in [6, 6.07) is 5.70. The highest BCUT2D eigenvalue weighted by atomic mass is 35.5. The molecule has 1 atom stereocenters. The molecule has 0 aromatic heterocycles. The lowest BCUT2D eigenvalue weighted by Gasteiger charge is -2.30. The lowest BCUT2D eigenvalue weighted by Crippen LogP contribution is -2.44. The van der Waals surface area contributed by atoms with Gasteiger partial charge in [-0.25, -0.2) is 14.5 Å². The van der Waals surface area contributed by atoms with Crippen LogP contribution in [0.2, 0.25) is 5.02 Å². The zero-order valence-corrected chi connectivity index (χ0v) is 14.7. The van der Waals surface area contributed by atoms with E-state index >= 15 is 0 Å². The number of rotatable bonds is 6. The fraction of sp³-hybridized carbons (Fsp3) is 0.412. The molecule has 0 aliphatic rings. The molecule has 1 aromatic carbocycles. The fourth-order valence-electron chi connectivity index (χ4n) is 1.95. The van der Waals surface area contributed by atoms with Crippen LogP contribution in [0.1, 0.15) is 32.4 Å². The molecule has 0 heterocycles. The van der Waals surface area contributed by atoms with Gasteiger partial charge in [-0.15, -0.1) is 6.58 Å². The van der Waals surface area contributed by atoms with Crippen molar-refractivity contribution in [1.29, 1.82) is 0 Å². The number of imide groups is 1. The van der Waals surface area contributed by atoms with Crippen LogP contribution < -0.4 is 0 Å². The number of carbonyl (C=O) groups excluding carboxylic acids is 1. The molecule has 132 valence electrons. The van der Waals surface area contributed by atoms with Gasteiger partial charge in [0.2, 0.25) is 0 Å². The molecule has 0 fully saturated rings. The smallest absolute Gasteiger partial charge is 0.420 e. The van der Waals surface area contributed by atoms with Crippen LogP contribution in [-0.2, 0) is 9.47 Å². The first-order valence-electron chi connectivity index (χ1n) is 7.35. The molecule has 0 saturated heterocycles. The second kappa shape index (κ2) is 8.70. The maximum absolute atomic E-state index is 12.3. The second-order valence-corrected chi connectivity index (χ2v) is 6.47. The SMILES string of the molecule is C=CCOC[C@H](c1cccc(Cl)c1)N(C(=O)O)C(=O)OC(C)(C)C. The van der Waals surface area contributed by atoms with E-state index in [1.54, 1.807) is 45.0 Å². The van der Waals surface area contributed by atoms with Crippen molar-refractivity contribution < 1.29 is 24.2 Å². The molecule has 0 unspecified atom stereocenters. The summed E-state index contributed by atoms with van der Waals surface area (Å²) >= 11 is 5.98. The predicted octanol–water partition coefficient (Wildman–Crippen LogP) is 4.50. The number of halogens is 1. The van der Waals surface area contributed by atoms with Crippen molar-refractivity contribution in [2.45, 2.75) is 32.4 Å². The maximum Gasteiger partial charge on any atom is 0.420 e. The monoisotopic (exact) mass is 355 g/mol. The second-order valence-electron chi connectivity index (χ2n) is 6.03. The first-order valence-corrected chi connectivity index (χ1v) is 7.72. The van der Waals surface area contributed by atoms with Gasteiger partial charge in [0.25, 0.3) is 0 Å². The van der Waals surface area contributed by atoms with E-state index in [1.165, 1.54) is 6.08 Å². The Morgan fingerprint density at radius 3 is 2.58 bits per heavy atom. The van der Waals surface area contributed by atoms with Crippen LogP contribution in [0.5, 0.6) is 0 Å². The minimum atomic E-state index is -1.43. The van der Waals surface area contributed by atoms with Gasteiger partial charge < -0.3 is 14.6 Å². The first kappa shape index (κ1) is 20.0. The van der Waals surface area contributed by atoms with Gasteiger partial charge in [0, 0.05) is 5.02 Å². The Labute approximate surface area is 146 Å². The van der Waals surface area contributed by atoms with Gasteiger partial charge in [-0.3, -0.25) is 0 Å². The zero-order chi connectivity index (χ0) is 18.3. The van der Waals surface area contributed by atoms with Crippen molar-refractivity contribution in [3.8, 4) is 0 Å². The van der Waals surface area contributed by atoms with Crippen LogP contribution >= 0.6 is 11.6 Å². The average molecular weight is 356 g/mol. The molecule has 1 aromatic rings. The average Bonchev–Trinajstić information content (AvgIpc) is 2.44. The highest BCUT2D eigenvalue weighted by Gasteiger charge is 2.34. The molecule has 0 bridgehead atoms. The van der Waals surface area contributed by atoms with Gasteiger partial charge in [0.15, 0.2) is 0 Å².